The van der Waals surface area contributed by atoms with Gasteiger partial charge in [0.05, 0.1) is 5.92 Å². The zero-order chi connectivity index (χ0) is 18.9. The molecule has 0 saturated carbocycles. The number of carboxylic acids is 1. The van der Waals surface area contributed by atoms with Crippen molar-refractivity contribution in [3.63, 3.8) is 0 Å². The number of carboxylic acid groups (broad SMARTS) is 1. The van der Waals surface area contributed by atoms with Gasteiger partial charge < -0.3 is 15.2 Å². The van der Waals surface area contributed by atoms with Crippen molar-refractivity contribution in [2.45, 2.75) is 24.3 Å². The van der Waals surface area contributed by atoms with Crippen molar-refractivity contribution in [3.05, 3.63) is 60.2 Å². The number of benzene rings is 2. The van der Waals surface area contributed by atoms with Crippen LogP contribution in [-0.2, 0) is 16.0 Å². The molecule has 138 valence electrons. The van der Waals surface area contributed by atoms with Crippen LogP contribution in [0.15, 0.2) is 59.5 Å². The van der Waals surface area contributed by atoms with Gasteiger partial charge in [0.1, 0.15) is 5.75 Å². The van der Waals surface area contributed by atoms with Crippen molar-refractivity contribution in [1.82, 2.24) is 5.32 Å². The minimum Gasteiger partial charge on any atom is -0.481 e. The Hall–Kier alpha value is -2.47. The molecule has 2 atom stereocenters. The highest BCUT2D eigenvalue weighted by atomic mass is 32.2. The van der Waals surface area contributed by atoms with Crippen LogP contribution < -0.4 is 10.1 Å². The summed E-state index contributed by atoms with van der Waals surface area (Å²) in [7, 11) is 0. The first-order valence-corrected chi connectivity index (χ1v) is 9.57. The average molecular weight is 373 g/mol. The fraction of sp³-hybridized carbons (Fsp3) is 0.300. The molecular weight excluding hydrogens is 350 g/mol. The van der Waals surface area contributed by atoms with E-state index in [0.29, 0.717) is 12.2 Å². The molecule has 0 spiro atoms. The monoisotopic (exact) mass is 373 g/mol. The molecule has 0 bridgehead atoms. The van der Waals surface area contributed by atoms with Gasteiger partial charge in [-0.05, 0) is 49.4 Å². The number of amides is 1. The Morgan fingerprint density at radius 1 is 1.12 bits per heavy atom. The van der Waals surface area contributed by atoms with Crippen molar-refractivity contribution in [2.75, 3.05) is 12.8 Å². The van der Waals surface area contributed by atoms with Crippen LogP contribution in [0.3, 0.4) is 0 Å². The molecule has 0 aliphatic rings. The van der Waals surface area contributed by atoms with Gasteiger partial charge in [0, 0.05) is 11.4 Å². The predicted molar refractivity (Wildman–Crippen MR) is 103 cm³/mol. The molecule has 0 heterocycles. The summed E-state index contributed by atoms with van der Waals surface area (Å²) in [6, 6.07) is 16.8. The lowest BCUT2D eigenvalue weighted by molar-refractivity contribution is -0.141. The lowest BCUT2D eigenvalue weighted by atomic mass is 9.99. The fourth-order valence-corrected chi connectivity index (χ4v) is 2.83. The Balaban J connectivity index is 1.86. The van der Waals surface area contributed by atoms with Crippen molar-refractivity contribution < 1.29 is 19.4 Å². The maximum absolute atomic E-state index is 12.2. The second-order valence-corrected chi connectivity index (χ2v) is 6.79. The second-order valence-electron chi connectivity index (χ2n) is 5.91. The molecule has 5 nitrogen and oxygen atoms in total. The Labute approximate surface area is 157 Å². The van der Waals surface area contributed by atoms with E-state index >= 15 is 0 Å². The smallest absolute Gasteiger partial charge is 0.308 e. The topological polar surface area (TPSA) is 75.6 Å². The first-order chi connectivity index (χ1) is 12.5. The highest BCUT2D eigenvalue weighted by Gasteiger charge is 2.21. The number of carbonyl (C=O) groups excluding carboxylic acids is 1. The van der Waals surface area contributed by atoms with Crippen LogP contribution in [0, 0.1) is 5.92 Å². The number of hydrogen-bond donors (Lipinski definition) is 2. The normalized spacial score (nSPS) is 12.8. The zero-order valence-electron chi connectivity index (χ0n) is 14.8. The quantitative estimate of drug-likeness (QED) is 0.660. The molecule has 0 aliphatic heterocycles. The third kappa shape index (κ3) is 6.11. The predicted octanol–water partition coefficient (Wildman–Crippen LogP) is 3.24. The molecule has 2 aromatic carbocycles. The van der Waals surface area contributed by atoms with Crippen LogP contribution in [0.2, 0.25) is 0 Å². The lowest BCUT2D eigenvalue weighted by Gasteiger charge is -2.17. The first kappa shape index (κ1) is 19.8. The van der Waals surface area contributed by atoms with E-state index in [1.165, 1.54) is 0 Å². The molecular formula is C20H23NO4S. The average Bonchev–Trinajstić information content (AvgIpc) is 2.66. The van der Waals surface area contributed by atoms with Crippen molar-refractivity contribution in [1.29, 1.82) is 0 Å². The van der Waals surface area contributed by atoms with E-state index in [2.05, 4.69) is 5.32 Å². The van der Waals surface area contributed by atoms with E-state index in [1.54, 1.807) is 18.7 Å². The van der Waals surface area contributed by atoms with Crippen LogP contribution in [0.25, 0.3) is 0 Å². The molecule has 26 heavy (non-hydrogen) atoms. The summed E-state index contributed by atoms with van der Waals surface area (Å²) in [6.07, 6.45) is 1.64. The molecule has 0 aliphatic carbocycles. The maximum Gasteiger partial charge on any atom is 0.308 e. The SMILES string of the molecule is CSc1ccc(OC(C)C(=O)NCC(Cc2ccccc2)C(=O)O)cc1. The van der Waals surface area contributed by atoms with Crippen LogP contribution in [0.4, 0.5) is 0 Å². The summed E-state index contributed by atoms with van der Waals surface area (Å²) in [4.78, 5) is 24.8. The van der Waals surface area contributed by atoms with E-state index in [1.807, 2.05) is 60.9 Å². The van der Waals surface area contributed by atoms with Gasteiger partial charge in [-0.3, -0.25) is 9.59 Å². The number of rotatable bonds is 9. The summed E-state index contributed by atoms with van der Waals surface area (Å²) in [6.45, 7) is 1.70. The largest absolute Gasteiger partial charge is 0.481 e. The Bertz CT molecular complexity index is 718. The van der Waals surface area contributed by atoms with Gasteiger partial charge in [-0.15, -0.1) is 11.8 Å². The van der Waals surface area contributed by atoms with Gasteiger partial charge in [-0.1, -0.05) is 30.3 Å². The van der Waals surface area contributed by atoms with Gasteiger partial charge in [0.25, 0.3) is 5.91 Å². The highest BCUT2D eigenvalue weighted by molar-refractivity contribution is 7.98. The molecule has 2 unspecified atom stereocenters. The first-order valence-electron chi connectivity index (χ1n) is 8.34. The molecule has 6 heteroatoms. The zero-order valence-corrected chi connectivity index (χ0v) is 15.7. The number of ether oxygens (including phenoxy) is 1. The van der Waals surface area contributed by atoms with E-state index in [9.17, 15) is 14.7 Å². The minimum atomic E-state index is -0.935. The van der Waals surface area contributed by atoms with E-state index in [4.69, 9.17) is 4.74 Å². The Morgan fingerprint density at radius 3 is 2.35 bits per heavy atom. The summed E-state index contributed by atoms with van der Waals surface area (Å²) < 4.78 is 5.62. The third-order valence-electron chi connectivity index (χ3n) is 3.94. The lowest BCUT2D eigenvalue weighted by Crippen LogP contribution is -2.40. The Kier molecular flexibility index (Phi) is 7.53. The molecule has 0 fully saturated rings. The molecule has 2 N–H and O–H groups in total. The number of hydrogen-bond acceptors (Lipinski definition) is 4. The standard InChI is InChI=1S/C20H23NO4S/c1-14(25-17-8-10-18(26-2)11-9-17)19(22)21-13-16(20(23)24)12-15-6-4-3-5-7-15/h3-11,14,16H,12-13H2,1-2H3,(H,21,22)(H,23,24). The molecule has 2 rings (SSSR count). The van der Waals surface area contributed by atoms with Crippen LogP contribution >= 0.6 is 11.8 Å². The summed E-state index contributed by atoms with van der Waals surface area (Å²) in [5.74, 6) is -1.35. The van der Waals surface area contributed by atoms with E-state index < -0.39 is 18.0 Å². The molecule has 0 aromatic heterocycles. The summed E-state index contributed by atoms with van der Waals surface area (Å²) in [5, 5.41) is 12.1. The highest BCUT2D eigenvalue weighted by Crippen LogP contribution is 2.19. The van der Waals surface area contributed by atoms with Gasteiger partial charge >= 0.3 is 5.97 Å². The van der Waals surface area contributed by atoms with Crippen molar-refractivity contribution >= 4 is 23.6 Å². The molecule has 2 aromatic rings. The van der Waals surface area contributed by atoms with Crippen LogP contribution in [0.5, 0.6) is 5.75 Å². The molecule has 0 saturated heterocycles. The van der Waals surface area contributed by atoms with Crippen molar-refractivity contribution in [3.8, 4) is 5.75 Å². The molecule has 0 radical (unpaired) electrons. The number of carbonyl (C=O) groups is 2. The van der Waals surface area contributed by atoms with Gasteiger partial charge in [-0.2, -0.15) is 0 Å². The fourth-order valence-electron chi connectivity index (χ4n) is 2.42. The number of thioether (sulfide) groups is 1. The van der Waals surface area contributed by atoms with Crippen LogP contribution in [0.1, 0.15) is 12.5 Å². The van der Waals surface area contributed by atoms with Crippen LogP contribution in [-0.4, -0.2) is 35.9 Å². The van der Waals surface area contributed by atoms with E-state index in [-0.39, 0.29) is 12.5 Å². The van der Waals surface area contributed by atoms with Gasteiger partial charge in [0.15, 0.2) is 6.10 Å². The maximum atomic E-state index is 12.2. The number of aliphatic carboxylic acids is 1. The second kappa shape index (κ2) is 9.87. The summed E-state index contributed by atoms with van der Waals surface area (Å²) >= 11 is 1.63. The van der Waals surface area contributed by atoms with Gasteiger partial charge in [-0.25, -0.2) is 0 Å². The Morgan fingerprint density at radius 2 is 1.77 bits per heavy atom. The summed E-state index contributed by atoms with van der Waals surface area (Å²) in [5.41, 5.74) is 0.923. The number of nitrogens with one attached hydrogen (secondary N) is 1. The van der Waals surface area contributed by atoms with E-state index in [0.717, 1.165) is 10.5 Å². The minimum absolute atomic E-state index is 0.0577. The van der Waals surface area contributed by atoms with Crippen molar-refractivity contribution in [2.24, 2.45) is 5.92 Å². The third-order valence-corrected chi connectivity index (χ3v) is 4.68. The molecule has 1 amide bonds. The van der Waals surface area contributed by atoms with Gasteiger partial charge in [0.2, 0.25) is 0 Å².